The van der Waals surface area contributed by atoms with Gasteiger partial charge in [-0.15, -0.1) is 23.5 Å². The van der Waals surface area contributed by atoms with Crippen molar-refractivity contribution in [3.05, 3.63) is 41.1 Å². The van der Waals surface area contributed by atoms with E-state index < -0.39 is 0 Å². The monoisotopic (exact) mass is 268 g/mol. The van der Waals surface area contributed by atoms with Gasteiger partial charge in [0.15, 0.2) is 0 Å². The zero-order valence-electron chi connectivity index (χ0n) is 9.45. The fraction of sp³-hybridized carbons (Fsp3) is 0.333. The van der Waals surface area contributed by atoms with E-state index in [1.807, 2.05) is 41.7 Å². The minimum Gasteiger partial charge on any atom is -0.733 e. The van der Waals surface area contributed by atoms with Crippen LogP contribution < -0.4 is 5.23 Å². The number of thioether (sulfide) groups is 2. The molecule has 1 N–H and O–H groups in total. The van der Waals surface area contributed by atoms with Gasteiger partial charge in [0.2, 0.25) is 0 Å². The lowest BCUT2D eigenvalue weighted by molar-refractivity contribution is 0.296. The molecule has 0 aliphatic carbocycles. The molecule has 1 aromatic rings. The molecule has 3 nitrogen and oxygen atoms in total. The Balaban J connectivity index is 2.10. The summed E-state index contributed by atoms with van der Waals surface area (Å²) in [4.78, 5) is 0. The number of rotatable bonds is 3. The number of para-hydroxylation sites is 1. The number of hydrogen-bond acceptors (Lipinski definition) is 5. The van der Waals surface area contributed by atoms with Gasteiger partial charge < -0.3 is 10.4 Å². The van der Waals surface area contributed by atoms with E-state index in [4.69, 9.17) is 5.21 Å². The Bertz CT molecular complexity index is 409. The molecule has 1 aliphatic rings. The Labute approximate surface area is 109 Å². The predicted molar refractivity (Wildman–Crippen MR) is 76.4 cm³/mol. The third kappa shape index (κ3) is 3.42. The first-order chi connectivity index (χ1) is 8.16. The molecule has 0 amide bonds. The van der Waals surface area contributed by atoms with Crippen molar-refractivity contribution in [3.63, 3.8) is 0 Å². The van der Waals surface area contributed by atoms with Gasteiger partial charge in [-0.2, -0.15) is 0 Å². The van der Waals surface area contributed by atoms with Gasteiger partial charge >= 0.3 is 0 Å². The Hall–Kier alpha value is -0.620. The quantitative estimate of drug-likeness (QED) is 0.849. The molecule has 1 aliphatic heterocycles. The van der Waals surface area contributed by atoms with Gasteiger partial charge in [-0.25, -0.2) is 0 Å². The maximum absolute atomic E-state index is 10.9. The number of nitrogens with zero attached hydrogens (tertiary/aromatic N) is 1. The third-order valence-electron chi connectivity index (χ3n) is 2.44. The molecule has 2 rings (SSSR count). The molecule has 0 spiro atoms. The average Bonchev–Trinajstić information content (AvgIpc) is 2.73. The molecule has 2 atom stereocenters. The summed E-state index contributed by atoms with van der Waals surface area (Å²) >= 11 is 3.83. The molecule has 1 fully saturated rings. The molecule has 0 unspecified atom stereocenters. The predicted octanol–water partition coefficient (Wildman–Crippen LogP) is 3.59. The summed E-state index contributed by atoms with van der Waals surface area (Å²) in [6.45, 7) is 2.21. The molecule has 0 bridgehead atoms. The molecule has 0 radical (unpaired) electrons. The second kappa shape index (κ2) is 5.82. The molecule has 17 heavy (non-hydrogen) atoms. The SMILES string of the molecule is C[C@H]1CS[C@H](C=Cc2ccccc2N([O-])O)S1. The summed E-state index contributed by atoms with van der Waals surface area (Å²) in [6, 6.07) is 7.00. The lowest BCUT2D eigenvalue weighted by Crippen LogP contribution is -2.08. The smallest absolute Gasteiger partial charge is 0.0688 e. The van der Waals surface area contributed by atoms with Crippen LogP contribution in [-0.4, -0.2) is 20.8 Å². The fourth-order valence-corrected chi connectivity index (χ4v) is 4.57. The van der Waals surface area contributed by atoms with Crippen LogP contribution in [0, 0.1) is 5.21 Å². The maximum Gasteiger partial charge on any atom is 0.0688 e. The van der Waals surface area contributed by atoms with Gasteiger partial charge in [0.25, 0.3) is 0 Å². The van der Waals surface area contributed by atoms with Crippen LogP contribution in [-0.2, 0) is 0 Å². The second-order valence-electron chi connectivity index (χ2n) is 3.84. The second-order valence-corrected chi connectivity index (χ2v) is 6.90. The molecule has 92 valence electrons. The standard InChI is InChI=1S/C12H14NO2S2/c1-9-8-16-12(17-9)7-6-10-4-2-3-5-11(10)13(14)15/h2-7,9,12,14H,8H2,1H3/q-1/t9-,12-/m0/s1. The average molecular weight is 268 g/mol. The van der Waals surface area contributed by atoms with E-state index in [-0.39, 0.29) is 10.9 Å². The van der Waals surface area contributed by atoms with Crippen molar-refractivity contribution >= 4 is 35.3 Å². The van der Waals surface area contributed by atoms with Gasteiger partial charge in [0.1, 0.15) is 0 Å². The number of anilines is 1. The lowest BCUT2D eigenvalue weighted by Gasteiger charge is -2.23. The topological polar surface area (TPSA) is 46.5 Å². The third-order valence-corrected chi connectivity index (χ3v) is 5.62. The van der Waals surface area contributed by atoms with Crippen LogP contribution in [0.25, 0.3) is 6.08 Å². The van der Waals surface area contributed by atoms with Gasteiger partial charge in [-0.1, -0.05) is 37.3 Å². The highest BCUT2D eigenvalue weighted by molar-refractivity contribution is 8.20. The highest BCUT2D eigenvalue weighted by Crippen LogP contribution is 2.38. The van der Waals surface area contributed by atoms with Gasteiger partial charge in [-0.3, -0.25) is 5.21 Å². The molecular formula is C12H14NO2S2-. The van der Waals surface area contributed by atoms with Crippen molar-refractivity contribution < 1.29 is 5.21 Å². The molecule has 1 saturated heterocycles. The van der Waals surface area contributed by atoms with E-state index in [2.05, 4.69) is 13.0 Å². The Morgan fingerprint density at radius 1 is 1.47 bits per heavy atom. The van der Waals surface area contributed by atoms with Crippen molar-refractivity contribution in [3.8, 4) is 0 Å². The highest BCUT2D eigenvalue weighted by Gasteiger charge is 2.19. The summed E-state index contributed by atoms with van der Waals surface area (Å²) in [6.07, 6.45) is 3.99. The van der Waals surface area contributed by atoms with Crippen molar-refractivity contribution in [2.75, 3.05) is 11.0 Å². The molecule has 0 saturated carbocycles. The summed E-state index contributed by atoms with van der Waals surface area (Å²) < 4.78 is 0.442. The van der Waals surface area contributed by atoms with E-state index >= 15 is 0 Å². The van der Waals surface area contributed by atoms with Gasteiger partial charge in [0.05, 0.1) is 10.3 Å². The van der Waals surface area contributed by atoms with Crippen LogP contribution in [0.4, 0.5) is 5.69 Å². The van der Waals surface area contributed by atoms with E-state index in [1.165, 1.54) is 0 Å². The van der Waals surface area contributed by atoms with Crippen LogP contribution in [0.3, 0.4) is 0 Å². The largest absolute Gasteiger partial charge is 0.733 e. The summed E-state index contributed by atoms with van der Waals surface area (Å²) in [5.74, 6) is 1.16. The van der Waals surface area contributed by atoms with Crippen LogP contribution in [0.5, 0.6) is 0 Å². The van der Waals surface area contributed by atoms with Crippen molar-refractivity contribution in [2.45, 2.75) is 16.8 Å². The first-order valence-electron chi connectivity index (χ1n) is 5.37. The number of hydrogen-bond donors (Lipinski definition) is 1. The Kier molecular flexibility index (Phi) is 4.39. The van der Waals surface area contributed by atoms with E-state index in [9.17, 15) is 5.21 Å². The minimum atomic E-state index is -0.0861. The van der Waals surface area contributed by atoms with Gasteiger partial charge in [-0.05, 0) is 11.6 Å². The summed E-state index contributed by atoms with van der Waals surface area (Å²) in [7, 11) is 0. The maximum atomic E-state index is 10.9. The van der Waals surface area contributed by atoms with Crippen LogP contribution >= 0.6 is 23.5 Å². The molecule has 5 heteroatoms. The van der Waals surface area contributed by atoms with E-state index in [0.29, 0.717) is 9.83 Å². The first kappa shape index (κ1) is 12.8. The molecule has 1 heterocycles. The van der Waals surface area contributed by atoms with Crippen molar-refractivity contribution in [1.29, 1.82) is 0 Å². The summed E-state index contributed by atoms with van der Waals surface area (Å²) in [5.41, 5.74) is 1.02. The lowest BCUT2D eigenvalue weighted by atomic mass is 10.1. The highest BCUT2D eigenvalue weighted by atomic mass is 32.2. The van der Waals surface area contributed by atoms with E-state index in [1.54, 1.807) is 12.1 Å². The molecule has 0 aromatic heterocycles. The van der Waals surface area contributed by atoms with Crippen molar-refractivity contribution in [1.82, 2.24) is 0 Å². The van der Waals surface area contributed by atoms with Crippen LogP contribution in [0.15, 0.2) is 30.3 Å². The Morgan fingerprint density at radius 2 is 2.24 bits per heavy atom. The molecular weight excluding hydrogens is 254 g/mol. The van der Waals surface area contributed by atoms with E-state index in [0.717, 1.165) is 11.3 Å². The molecule has 1 aromatic carbocycles. The van der Waals surface area contributed by atoms with Crippen LogP contribution in [0.2, 0.25) is 0 Å². The van der Waals surface area contributed by atoms with Crippen molar-refractivity contribution in [2.24, 2.45) is 0 Å². The normalized spacial score (nSPS) is 24.4. The fourth-order valence-electron chi connectivity index (χ4n) is 1.62. The number of benzene rings is 1. The Morgan fingerprint density at radius 3 is 2.88 bits per heavy atom. The zero-order valence-corrected chi connectivity index (χ0v) is 11.1. The van der Waals surface area contributed by atoms with Crippen LogP contribution in [0.1, 0.15) is 12.5 Å². The summed E-state index contributed by atoms with van der Waals surface area (Å²) in [5, 5.41) is 20.5. The zero-order chi connectivity index (χ0) is 12.3. The van der Waals surface area contributed by atoms with Gasteiger partial charge in [0, 0.05) is 11.0 Å². The first-order valence-corrected chi connectivity index (χ1v) is 7.36. The minimum absolute atomic E-state index is 0.0861.